The molecule has 16 heteroatoms. The van der Waals surface area contributed by atoms with Crippen LogP contribution in [0, 0.1) is 17.8 Å². The molecule has 0 amide bonds. The number of halogens is 3. The van der Waals surface area contributed by atoms with E-state index in [0.717, 1.165) is 12.1 Å². The minimum absolute atomic E-state index is 0.0114. The second-order valence-electron chi connectivity index (χ2n) is 15.8. The Morgan fingerprint density at radius 3 is 2.28 bits per heavy atom. The lowest BCUT2D eigenvalue weighted by Gasteiger charge is -2.47. The van der Waals surface area contributed by atoms with Crippen molar-refractivity contribution in [3.63, 3.8) is 0 Å². The number of alkyl halides is 3. The number of hydrogen-bond donors (Lipinski definition) is 6. The van der Waals surface area contributed by atoms with E-state index in [4.69, 9.17) is 26.4 Å². The second kappa shape index (κ2) is 17.8. The van der Waals surface area contributed by atoms with Gasteiger partial charge in [-0.2, -0.15) is 13.2 Å². The molecule has 6 N–H and O–H groups in total. The quantitative estimate of drug-likeness (QED) is 0.189. The van der Waals surface area contributed by atoms with Crippen molar-refractivity contribution < 1.29 is 57.7 Å². The number of aliphatic hydroxyl groups is 5. The first-order valence-corrected chi connectivity index (χ1v) is 18.7. The normalized spacial score (nSPS) is 39.9. The van der Waals surface area contributed by atoms with Gasteiger partial charge < -0.3 is 54.9 Å². The van der Waals surface area contributed by atoms with E-state index in [1.807, 2.05) is 25.9 Å². The van der Waals surface area contributed by atoms with Crippen LogP contribution in [0.3, 0.4) is 0 Å². The monoisotopic (exact) mass is 779 g/mol. The molecule has 0 bridgehead atoms. The van der Waals surface area contributed by atoms with Gasteiger partial charge in [-0.05, 0) is 104 Å². The van der Waals surface area contributed by atoms with Gasteiger partial charge in [-0.25, -0.2) is 0 Å². The van der Waals surface area contributed by atoms with Gasteiger partial charge in [0.05, 0.1) is 41.4 Å². The van der Waals surface area contributed by atoms with E-state index in [0.29, 0.717) is 6.42 Å². The Morgan fingerprint density at radius 1 is 1.09 bits per heavy atom. The number of likely N-dealkylation sites (N-methyl/N-ethyl adjacent to an activating group) is 1. The maximum Gasteiger partial charge on any atom is 0.416 e. The summed E-state index contributed by atoms with van der Waals surface area (Å²) in [6.07, 6.45) is -12.2. The number of hydrogen-bond acceptors (Lipinski definition) is 11. The fraction of sp³-hybridized carbons (Fsp3) is 0.784. The third-order valence-electron chi connectivity index (χ3n) is 10.9. The van der Waals surface area contributed by atoms with Crippen LogP contribution in [-0.4, -0.2) is 133 Å². The van der Waals surface area contributed by atoms with Gasteiger partial charge in [0.25, 0.3) is 0 Å². The van der Waals surface area contributed by atoms with Gasteiger partial charge >= 0.3 is 12.1 Å². The maximum atomic E-state index is 13.6. The third-order valence-corrected chi connectivity index (χ3v) is 11.2. The number of benzene rings is 1. The van der Waals surface area contributed by atoms with Crippen LogP contribution in [0.15, 0.2) is 24.3 Å². The molecule has 2 aliphatic rings. The van der Waals surface area contributed by atoms with E-state index in [-0.39, 0.29) is 42.3 Å². The van der Waals surface area contributed by atoms with Crippen molar-refractivity contribution >= 4 is 29.0 Å². The molecular weight excluding hydrogens is 719 g/mol. The number of rotatable bonds is 5. The van der Waals surface area contributed by atoms with Gasteiger partial charge in [0.1, 0.15) is 23.9 Å². The van der Waals surface area contributed by atoms with Crippen LogP contribution in [0.5, 0.6) is 0 Å². The maximum absolute atomic E-state index is 13.6. The fourth-order valence-electron chi connectivity index (χ4n) is 7.75. The summed E-state index contributed by atoms with van der Waals surface area (Å²) in [5, 5.41) is 61.4. The van der Waals surface area contributed by atoms with Crippen molar-refractivity contribution in [2.24, 2.45) is 17.8 Å². The molecule has 12 nitrogen and oxygen atoms in total. The van der Waals surface area contributed by atoms with Gasteiger partial charge in [0.15, 0.2) is 11.4 Å². The minimum Gasteiger partial charge on any atom is -0.459 e. The van der Waals surface area contributed by atoms with E-state index in [1.165, 1.54) is 37.8 Å². The molecule has 0 radical (unpaired) electrons. The van der Waals surface area contributed by atoms with Crippen molar-refractivity contribution in [1.82, 2.24) is 9.80 Å². The third kappa shape index (κ3) is 10.8. The summed E-state index contributed by atoms with van der Waals surface area (Å²) in [5.41, 5.74) is -4.66. The van der Waals surface area contributed by atoms with Crippen molar-refractivity contribution in [3.8, 4) is 0 Å². The van der Waals surface area contributed by atoms with E-state index >= 15 is 0 Å². The molecule has 3 rings (SSSR count). The van der Waals surface area contributed by atoms with E-state index in [1.54, 1.807) is 27.7 Å². The number of anilines is 1. The summed E-state index contributed by atoms with van der Waals surface area (Å²) in [6, 6.07) is 3.12. The minimum atomic E-state index is -4.61. The molecule has 2 saturated heterocycles. The van der Waals surface area contributed by atoms with Gasteiger partial charge in [-0.3, -0.25) is 4.79 Å². The lowest BCUT2D eigenvalue weighted by atomic mass is 9.78. The Morgan fingerprint density at radius 2 is 1.72 bits per heavy atom. The Hall–Kier alpha value is -2.15. The number of aliphatic hydroxyl groups excluding tert-OH is 3. The van der Waals surface area contributed by atoms with Crippen molar-refractivity contribution in [1.29, 1.82) is 0 Å². The molecule has 53 heavy (non-hydrogen) atoms. The number of esters is 1. The summed E-state index contributed by atoms with van der Waals surface area (Å²) < 4.78 is 58.8. The Bertz CT molecular complexity index is 1390. The van der Waals surface area contributed by atoms with Crippen LogP contribution >= 0.6 is 12.2 Å². The molecule has 1 aromatic carbocycles. The summed E-state index contributed by atoms with van der Waals surface area (Å²) in [7, 11) is 3.64. The van der Waals surface area contributed by atoms with E-state index < -0.39 is 89.5 Å². The zero-order valence-corrected chi connectivity index (χ0v) is 33.2. The summed E-state index contributed by atoms with van der Waals surface area (Å²) in [5.74, 6) is -3.47. The summed E-state index contributed by atoms with van der Waals surface area (Å²) >= 11 is 5.72. The molecule has 0 spiro atoms. The van der Waals surface area contributed by atoms with Crippen LogP contribution in [0.1, 0.15) is 80.2 Å². The largest absolute Gasteiger partial charge is 0.459 e. The number of carbonyl (C=O) groups is 1. The molecule has 2 fully saturated rings. The highest BCUT2D eigenvalue weighted by atomic mass is 32.1. The SMILES string of the molecule is CC[C@H]1OC(=O)[C@H](C)[C@@H](O)[C@H](C)[C@@H](O[C@@H]2O[C@H](C)C[C@H](N(C)C)[C@H]2O)[C@](C)(O)C[C@@H](C)CN(C(=S)Nc2cccc(C(F)(F)F)c2)[C@H](C)[C@@H](O)[C@]1(C)O. The molecule has 0 aromatic heterocycles. The van der Waals surface area contributed by atoms with Gasteiger partial charge in [0.2, 0.25) is 0 Å². The zero-order valence-electron chi connectivity index (χ0n) is 32.4. The average Bonchev–Trinajstić information content (AvgIpc) is 3.06. The number of carbonyl (C=O) groups excluding carboxylic acids is 1. The molecular formula is C37H60F3N3O9S. The summed E-state index contributed by atoms with van der Waals surface area (Å²) in [4.78, 5) is 16.9. The Balaban J connectivity index is 2.10. The number of ether oxygens (including phenoxy) is 3. The number of nitrogens with zero attached hydrogens (tertiary/aromatic N) is 2. The van der Waals surface area contributed by atoms with Gasteiger partial charge in [-0.15, -0.1) is 0 Å². The fourth-order valence-corrected chi connectivity index (χ4v) is 8.11. The average molecular weight is 780 g/mol. The topological polar surface area (TPSA) is 164 Å². The van der Waals surface area contributed by atoms with Crippen LogP contribution in [0.25, 0.3) is 0 Å². The molecule has 304 valence electrons. The lowest BCUT2D eigenvalue weighted by Crippen LogP contribution is -2.61. The molecule has 14 atom stereocenters. The highest BCUT2D eigenvalue weighted by molar-refractivity contribution is 7.80. The van der Waals surface area contributed by atoms with Crippen LogP contribution in [0.4, 0.5) is 18.9 Å². The number of nitrogens with one attached hydrogen (secondary N) is 1. The Labute approximate surface area is 316 Å². The van der Waals surface area contributed by atoms with Crippen LogP contribution in [0.2, 0.25) is 0 Å². The zero-order chi connectivity index (χ0) is 40.4. The molecule has 0 saturated carbocycles. The predicted octanol–water partition coefficient (Wildman–Crippen LogP) is 3.76. The van der Waals surface area contributed by atoms with Gasteiger partial charge in [-0.1, -0.05) is 26.8 Å². The Kier molecular flexibility index (Phi) is 15.2. The highest BCUT2D eigenvalue weighted by Crippen LogP contribution is 2.37. The molecule has 2 heterocycles. The highest BCUT2D eigenvalue weighted by Gasteiger charge is 2.50. The number of cyclic esters (lactones) is 1. The summed E-state index contributed by atoms with van der Waals surface area (Å²) in [6.45, 7) is 12.8. The van der Waals surface area contributed by atoms with Crippen LogP contribution < -0.4 is 5.32 Å². The number of thiocarbonyl (C=S) groups is 1. The van der Waals surface area contributed by atoms with E-state index in [9.17, 15) is 43.5 Å². The smallest absolute Gasteiger partial charge is 0.416 e. The first-order valence-electron chi connectivity index (χ1n) is 18.2. The lowest BCUT2D eigenvalue weighted by molar-refractivity contribution is -0.299. The van der Waals surface area contributed by atoms with Crippen molar-refractivity contribution in [2.45, 2.75) is 147 Å². The molecule has 1 aromatic rings. The second-order valence-corrected chi connectivity index (χ2v) is 16.2. The first-order chi connectivity index (χ1) is 24.3. The molecule has 0 unspecified atom stereocenters. The van der Waals surface area contributed by atoms with E-state index in [2.05, 4.69) is 5.32 Å². The van der Waals surface area contributed by atoms with Crippen LogP contribution in [-0.2, 0) is 25.2 Å². The molecule has 2 aliphatic heterocycles. The van der Waals surface area contributed by atoms with Gasteiger partial charge in [0, 0.05) is 24.2 Å². The molecule has 0 aliphatic carbocycles. The van der Waals surface area contributed by atoms with Crippen molar-refractivity contribution in [3.05, 3.63) is 29.8 Å². The predicted molar refractivity (Wildman–Crippen MR) is 197 cm³/mol. The van der Waals surface area contributed by atoms with Crippen molar-refractivity contribution in [2.75, 3.05) is 26.0 Å². The first kappa shape index (κ1) is 45.2. The standard InChI is InChI=1S/C37H60F3N3O9S/c1-11-27-36(8,49)30(46)23(6)43(34(53)41-25-14-12-13-24(16-25)37(38,39)40)18-19(2)17-35(7,48)31(21(4)28(44)22(5)32(47)51-27)52-33-29(45)26(42(9)10)15-20(3)50-33/h12-14,16,19-23,26-31,33,44-46,48-49H,11,15,17-18H2,1-10H3,(H,41,53)/t19-,20-,21+,22-,23-,26+,27-,28+,29-,30-,31-,33+,35-,36-/m1/s1.